The van der Waals surface area contributed by atoms with Crippen molar-refractivity contribution in [1.82, 2.24) is 0 Å². The molecule has 0 aliphatic heterocycles. The minimum atomic E-state index is 0.0721. The first-order valence-electron chi connectivity index (χ1n) is 6.84. The normalized spacial score (nSPS) is 25.9. The summed E-state index contributed by atoms with van der Waals surface area (Å²) < 4.78 is 0. The summed E-state index contributed by atoms with van der Waals surface area (Å²) in [7, 11) is 0. The molecule has 3 aliphatic carbocycles. The highest BCUT2D eigenvalue weighted by Crippen LogP contribution is 2.59. The molecule has 1 heteroatoms. The van der Waals surface area contributed by atoms with Gasteiger partial charge in [-0.3, -0.25) is 0 Å². The summed E-state index contributed by atoms with van der Waals surface area (Å²) >= 11 is 5.85. The minimum absolute atomic E-state index is 0.0721. The Balaban J connectivity index is 2.12. The van der Waals surface area contributed by atoms with Gasteiger partial charge in [-0.2, -0.15) is 0 Å². The van der Waals surface area contributed by atoms with E-state index in [1.807, 2.05) is 0 Å². The van der Waals surface area contributed by atoms with Crippen LogP contribution < -0.4 is 0 Å². The Labute approximate surface area is 119 Å². The lowest BCUT2D eigenvalue weighted by Gasteiger charge is -2.51. The molecule has 2 aromatic carbocycles. The topological polar surface area (TPSA) is 0 Å². The highest BCUT2D eigenvalue weighted by Gasteiger charge is 2.50. The monoisotopic (exact) mass is 264 g/mol. The van der Waals surface area contributed by atoms with Gasteiger partial charge in [0.15, 0.2) is 0 Å². The van der Waals surface area contributed by atoms with E-state index in [1.165, 1.54) is 27.1 Å². The van der Waals surface area contributed by atoms with Gasteiger partial charge >= 0.3 is 0 Å². The Hall–Kier alpha value is -1.47. The molecule has 5 rings (SSSR count). The molecule has 19 heavy (non-hydrogen) atoms. The van der Waals surface area contributed by atoms with Crippen LogP contribution in [0.2, 0.25) is 0 Å². The quantitative estimate of drug-likeness (QED) is 0.623. The molecule has 2 bridgehead atoms. The summed E-state index contributed by atoms with van der Waals surface area (Å²) in [5.74, 6) is 0.722. The van der Waals surface area contributed by atoms with E-state index in [1.54, 1.807) is 0 Å². The molecule has 0 heterocycles. The van der Waals surface area contributed by atoms with E-state index in [2.05, 4.69) is 62.4 Å². The van der Waals surface area contributed by atoms with Gasteiger partial charge in [-0.1, -0.05) is 74.6 Å². The van der Waals surface area contributed by atoms with Gasteiger partial charge < -0.3 is 0 Å². The van der Waals surface area contributed by atoms with Crippen molar-refractivity contribution in [3.8, 4) is 0 Å². The van der Waals surface area contributed by atoms with E-state index in [-0.39, 0.29) is 5.41 Å². The van der Waals surface area contributed by atoms with E-state index in [0.29, 0.717) is 11.8 Å². The third-order valence-electron chi connectivity index (χ3n) is 4.85. The summed E-state index contributed by atoms with van der Waals surface area (Å²) in [6, 6.07) is 17.7. The van der Waals surface area contributed by atoms with E-state index in [9.17, 15) is 0 Å². The predicted octanol–water partition coefficient (Wildman–Crippen LogP) is 4.67. The summed E-state index contributed by atoms with van der Waals surface area (Å²) in [4.78, 5) is 1.20. The lowest BCUT2D eigenvalue weighted by molar-refractivity contribution is 0.416. The maximum atomic E-state index is 5.85. The lowest BCUT2D eigenvalue weighted by Crippen LogP contribution is -2.45. The predicted molar refractivity (Wildman–Crippen MR) is 82.9 cm³/mol. The van der Waals surface area contributed by atoms with Gasteiger partial charge in [0.2, 0.25) is 0 Å². The van der Waals surface area contributed by atoms with Crippen LogP contribution in [-0.2, 0) is 0 Å². The molecule has 0 atom stereocenters. The van der Waals surface area contributed by atoms with Crippen LogP contribution in [0.25, 0.3) is 0 Å². The fraction of sp³-hybridized carbons (Fsp3) is 0.278. The first-order chi connectivity index (χ1) is 9.12. The molecule has 3 aliphatic rings. The van der Waals surface area contributed by atoms with Gasteiger partial charge in [-0.05, 0) is 22.3 Å². The van der Waals surface area contributed by atoms with Crippen molar-refractivity contribution >= 4 is 17.1 Å². The van der Waals surface area contributed by atoms with Gasteiger partial charge in [-0.15, -0.1) is 0 Å². The molecule has 0 aromatic heterocycles. The zero-order valence-corrected chi connectivity index (χ0v) is 12.0. The van der Waals surface area contributed by atoms with E-state index in [4.69, 9.17) is 12.2 Å². The Morgan fingerprint density at radius 3 is 1.68 bits per heavy atom. The second-order valence-corrected chi connectivity index (χ2v) is 6.65. The molecule has 0 unspecified atom stereocenters. The third kappa shape index (κ3) is 1.26. The fourth-order valence-electron chi connectivity index (χ4n) is 3.98. The van der Waals surface area contributed by atoms with Crippen LogP contribution >= 0.6 is 12.2 Å². The van der Waals surface area contributed by atoms with Crippen molar-refractivity contribution in [2.45, 2.75) is 25.7 Å². The standard InChI is InChI=1S/C18H16S/c1-18(2)16-13-9-5-3-7-11(13)15(17(18)19)12-8-4-6-10-14(12)16/h3-10,15-16H,1-2H3. The molecular formula is C18H16S. The smallest absolute Gasteiger partial charge is 0.0415 e. The molecule has 0 spiro atoms. The van der Waals surface area contributed by atoms with E-state index >= 15 is 0 Å². The molecule has 94 valence electrons. The molecule has 2 aromatic rings. The second kappa shape index (κ2) is 3.55. The molecule has 0 fully saturated rings. The van der Waals surface area contributed by atoms with Crippen molar-refractivity contribution < 1.29 is 0 Å². The van der Waals surface area contributed by atoms with Crippen LogP contribution in [0.15, 0.2) is 48.5 Å². The summed E-state index contributed by atoms with van der Waals surface area (Å²) in [5.41, 5.74) is 5.88. The van der Waals surface area contributed by atoms with Crippen molar-refractivity contribution in [3.63, 3.8) is 0 Å². The van der Waals surface area contributed by atoms with Crippen LogP contribution in [0.5, 0.6) is 0 Å². The zero-order chi connectivity index (χ0) is 13.2. The Morgan fingerprint density at radius 2 is 1.21 bits per heavy atom. The van der Waals surface area contributed by atoms with E-state index < -0.39 is 0 Å². The highest BCUT2D eigenvalue weighted by molar-refractivity contribution is 7.80. The van der Waals surface area contributed by atoms with Crippen LogP contribution in [0.3, 0.4) is 0 Å². The minimum Gasteiger partial charge on any atom is -0.0880 e. The average Bonchev–Trinajstić information content (AvgIpc) is 2.42. The molecule has 0 N–H and O–H groups in total. The Morgan fingerprint density at radius 1 is 0.789 bits per heavy atom. The van der Waals surface area contributed by atoms with Crippen molar-refractivity contribution in [1.29, 1.82) is 0 Å². The molecular weight excluding hydrogens is 248 g/mol. The molecule has 0 nitrogen and oxygen atoms in total. The first-order valence-corrected chi connectivity index (χ1v) is 7.25. The van der Waals surface area contributed by atoms with Crippen LogP contribution in [0, 0.1) is 5.41 Å². The van der Waals surface area contributed by atoms with Gasteiger partial charge in [-0.25, -0.2) is 0 Å². The molecule has 0 amide bonds. The summed E-state index contributed by atoms with van der Waals surface area (Å²) in [5, 5.41) is 0. The number of benzene rings is 2. The van der Waals surface area contributed by atoms with Crippen LogP contribution in [0.4, 0.5) is 0 Å². The fourth-order valence-corrected chi connectivity index (χ4v) is 4.35. The van der Waals surface area contributed by atoms with E-state index in [0.717, 1.165) is 0 Å². The largest absolute Gasteiger partial charge is 0.0880 e. The third-order valence-corrected chi connectivity index (χ3v) is 5.62. The SMILES string of the molecule is CC1(C)C(=S)C2c3ccccc3C1c1ccccc12. The van der Waals surface area contributed by atoms with Gasteiger partial charge in [0, 0.05) is 22.1 Å². The average molecular weight is 264 g/mol. The summed E-state index contributed by atoms with van der Waals surface area (Å²) in [6.45, 7) is 4.61. The van der Waals surface area contributed by atoms with Gasteiger partial charge in [0.1, 0.15) is 0 Å². The molecule has 0 saturated carbocycles. The second-order valence-electron chi connectivity index (χ2n) is 6.21. The zero-order valence-electron chi connectivity index (χ0n) is 11.2. The molecule has 0 radical (unpaired) electrons. The van der Waals surface area contributed by atoms with Crippen molar-refractivity contribution in [2.24, 2.45) is 5.41 Å². The maximum Gasteiger partial charge on any atom is 0.0415 e. The highest BCUT2D eigenvalue weighted by atomic mass is 32.1. The van der Waals surface area contributed by atoms with Crippen molar-refractivity contribution in [2.75, 3.05) is 0 Å². The number of thiocarbonyl (C=S) groups is 1. The first kappa shape index (κ1) is 11.4. The number of hydrogen-bond donors (Lipinski definition) is 0. The van der Waals surface area contributed by atoms with Crippen LogP contribution in [-0.4, -0.2) is 4.86 Å². The number of fused-ring (bicyclic) bond motifs is 1. The summed E-state index contributed by atoms with van der Waals surface area (Å²) in [6.07, 6.45) is 0. The lowest BCUT2D eigenvalue weighted by atomic mass is 9.53. The van der Waals surface area contributed by atoms with Gasteiger partial charge in [0.05, 0.1) is 0 Å². The Kier molecular flexibility index (Phi) is 2.12. The number of rotatable bonds is 0. The van der Waals surface area contributed by atoms with Gasteiger partial charge in [0.25, 0.3) is 0 Å². The van der Waals surface area contributed by atoms with Crippen LogP contribution in [0.1, 0.15) is 47.9 Å². The van der Waals surface area contributed by atoms with Crippen molar-refractivity contribution in [3.05, 3.63) is 70.8 Å². The molecule has 0 saturated heterocycles. The Bertz CT molecular complexity index is 649. The number of hydrogen-bond acceptors (Lipinski definition) is 1. The maximum absolute atomic E-state index is 5.85.